The lowest BCUT2D eigenvalue weighted by Gasteiger charge is -2.13. The van der Waals surface area contributed by atoms with Crippen LogP contribution >= 0.6 is 0 Å². The van der Waals surface area contributed by atoms with Gasteiger partial charge < -0.3 is 138 Å². The second kappa shape index (κ2) is 73.1. The number of carboxylic acid groups (broad SMARTS) is 1. The lowest BCUT2D eigenvalue weighted by molar-refractivity contribution is -0.0334. The molecule has 0 radical (unpaired) electrons. The van der Waals surface area contributed by atoms with Gasteiger partial charge in [-0.05, 0) is 18.2 Å². The summed E-state index contributed by atoms with van der Waals surface area (Å²) in [6, 6.07) is 4.50. The molecule has 0 spiro atoms. The number of rotatable bonds is 1. The summed E-state index contributed by atoms with van der Waals surface area (Å²) in [5.41, 5.74) is 0.144. The molecule has 0 aromatic heterocycles. The van der Waals surface area contributed by atoms with Crippen molar-refractivity contribution in [2.75, 3.05) is 357 Å². The number of hydrogen-bond donors (Lipinski definition) is 1. The molecular weight excluding hydrogens is 1210 g/mol. The zero-order valence-corrected chi connectivity index (χ0v) is 54.2. The van der Waals surface area contributed by atoms with Crippen LogP contribution in [0.1, 0.15) is 10.4 Å². The van der Waals surface area contributed by atoms with E-state index in [0.29, 0.717) is 368 Å². The van der Waals surface area contributed by atoms with Gasteiger partial charge in [-0.25, -0.2) is 4.79 Å². The van der Waals surface area contributed by atoms with E-state index in [1.54, 1.807) is 6.07 Å². The SMILES string of the molecule is C1COCCOCCOCCO1.C1COCCOCCOCCOCCO1.C1COCCOCCOCCOCCOCCO1.C1COCCOCCOCCOCCOCCOCCOCCO1.O=C(O)c1ccc2c(c1)OCCOCCOCCOCCO2. The smallest absolute Gasteiger partial charge is 0.335 e. The predicted molar refractivity (Wildman–Crippen MR) is 326 cm³/mol. The molecule has 6 rings (SSSR count). The lowest BCUT2D eigenvalue weighted by Crippen LogP contribution is -2.16. The first-order valence-corrected chi connectivity index (χ1v) is 31.9. The minimum atomic E-state index is -1.01. The fourth-order valence-electron chi connectivity index (χ4n) is 6.89. The van der Waals surface area contributed by atoms with Crippen LogP contribution in [0.15, 0.2) is 18.2 Å². The first kappa shape index (κ1) is 84.3. The highest BCUT2D eigenvalue weighted by atomic mass is 16.6. The fraction of sp³-hybridized carbons (Fsp3) is 0.885. The molecule has 4 saturated heterocycles. The molecular formula is C61H112O30. The summed E-state index contributed by atoms with van der Waals surface area (Å²) < 4.78 is 149. The number of hydrogen-bond acceptors (Lipinski definition) is 29. The van der Waals surface area contributed by atoms with Gasteiger partial charge in [-0.1, -0.05) is 0 Å². The first-order chi connectivity index (χ1) is 45.3. The van der Waals surface area contributed by atoms with Gasteiger partial charge in [0.15, 0.2) is 11.5 Å². The Labute approximate surface area is 539 Å². The third-order valence-corrected chi connectivity index (χ3v) is 11.5. The Morgan fingerprint density at radius 3 is 0.440 bits per heavy atom. The summed E-state index contributed by atoms with van der Waals surface area (Å²) >= 11 is 0. The average molecular weight is 1330 g/mol. The second-order valence-corrected chi connectivity index (χ2v) is 18.6. The standard InChI is InChI=1S/C16H32O8.C15H20O7.C12H24O6.C10H20O5.C8H16O4/c1-2-18-5-6-20-9-10-22-13-14-24-16-15-23-12-11-21-8-7-19-4-3-17-1;16-15(17)12-1-2-13-14(11-12)22-10-8-20-6-4-18-3-5-19-7-9-21-13;1-2-14-5-6-16-9-10-18-12-11-17-8-7-15-4-3-13-1;1-2-12-5-6-14-9-10-15-8-7-13-4-3-11-1;1-2-10-5-6-12-8-7-11-4-3-9-1/h1-16H2;1-2,11H,3-10H2,(H,16,17);1-12H2;1-10H2;1-8H2. The number of fused-ring (bicyclic) bond motifs is 1. The maximum atomic E-state index is 11.0. The molecule has 91 heavy (non-hydrogen) atoms. The molecule has 0 unspecified atom stereocenters. The maximum absolute atomic E-state index is 11.0. The van der Waals surface area contributed by atoms with Crippen molar-refractivity contribution in [3.63, 3.8) is 0 Å². The van der Waals surface area contributed by atoms with Crippen LogP contribution in [0, 0.1) is 0 Å². The van der Waals surface area contributed by atoms with Gasteiger partial charge in [0.2, 0.25) is 0 Å². The van der Waals surface area contributed by atoms with E-state index < -0.39 is 5.97 Å². The molecule has 5 heterocycles. The molecule has 5 aliphatic rings. The van der Waals surface area contributed by atoms with Crippen LogP contribution in [0.25, 0.3) is 0 Å². The highest BCUT2D eigenvalue weighted by molar-refractivity contribution is 5.88. The van der Waals surface area contributed by atoms with E-state index >= 15 is 0 Å². The molecule has 1 N–H and O–H groups in total. The van der Waals surface area contributed by atoms with E-state index in [4.69, 9.17) is 138 Å². The Morgan fingerprint density at radius 1 is 0.187 bits per heavy atom. The summed E-state index contributed by atoms with van der Waals surface area (Å²) in [5, 5.41) is 9.04. The van der Waals surface area contributed by atoms with E-state index in [1.807, 2.05) is 0 Å². The van der Waals surface area contributed by atoms with E-state index in [1.165, 1.54) is 12.1 Å². The van der Waals surface area contributed by atoms with Crippen molar-refractivity contribution in [1.29, 1.82) is 0 Å². The van der Waals surface area contributed by atoms with Gasteiger partial charge in [0, 0.05) is 0 Å². The summed E-state index contributed by atoms with van der Waals surface area (Å²) in [7, 11) is 0. The molecule has 1 aromatic carbocycles. The number of benzene rings is 1. The van der Waals surface area contributed by atoms with Crippen molar-refractivity contribution in [2.24, 2.45) is 0 Å². The molecule has 5 aliphatic heterocycles. The Balaban J connectivity index is 0.000000395. The fourth-order valence-corrected chi connectivity index (χ4v) is 6.89. The third kappa shape index (κ3) is 64.4. The van der Waals surface area contributed by atoms with Crippen LogP contribution < -0.4 is 9.47 Å². The average Bonchev–Trinajstić information content (AvgIpc) is 2.82. The molecule has 30 heteroatoms. The zero-order valence-electron chi connectivity index (χ0n) is 54.2. The number of carboxylic acids is 1. The largest absolute Gasteiger partial charge is 0.487 e. The zero-order chi connectivity index (χ0) is 64.4. The summed E-state index contributed by atoms with van der Waals surface area (Å²) in [6.07, 6.45) is 0. The molecule has 536 valence electrons. The van der Waals surface area contributed by atoms with Crippen molar-refractivity contribution < 1.29 is 143 Å². The Kier molecular flexibility index (Phi) is 67.7. The number of aromatic carboxylic acids is 1. The van der Waals surface area contributed by atoms with Gasteiger partial charge in [0.05, 0.1) is 349 Å². The van der Waals surface area contributed by atoms with Gasteiger partial charge in [-0.2, -0.15) is 0 Å². The molecule has 0 amide bonds. The molecule has 0 bridgehead atoms. The first-order valence-electron chi connectivity index (χ1n) is 31.9. The summed E-state index contributed by atoms with van der Waals surface area (Å²) in [6.45, 7) is 30.6. The van der Waals surface area contributed by atoms with E-state index in [-0.39, 0.29) is 5.56 Å². The van der Waals surface area contributed by atoms with Gasteiger partial charge in [-0.3, -0.25) is 0 Å². The van der Waals surface area contributed by atoms with Crippen LogP contribution in [0.5, 0.6) is 11.5 Å². The predicted octanol–water partition coefficient (Wildman–Crippen LogP) is 1.59. The highest BCUT2D eigenvalue weighted by Crippen LogP contribution is 2.28. The molecule has 0 aliphatic carbocycles. The van der Waals surface area contributed by atoms with Crippen molar-refractivity contribution >= 4 is 5.97 Å². The van der Waals surface area contributed by atoms with Crippen LogP contribution in [-0.2, 0) is 123 Å². The Morgan fingerprint density at radius 2 is 0.308 bits per heavy atom. The van der Waals surface area contributed by atoms with E-state index in [0.717, 1.165) is 0 Å². The molecule has 0 atom stereocenters. The van der Waals surface area contributed by atoms with Gasteiger partial charge in [-0.15, -0.1) is 0 Å². The summed E-state index contributed by atoms with van der Waals surface area (Å²) in [4.78, 5) is 11.0. The van der Waals surface area contributed by atoms with Crippen molar-refractivity contribution in [3.8, 4) is 11.5 Å². The lowest BCUT2D eigenvalue weighted by atomic mass is 10.2. The monoisotopic (exact) mass is 1320 g/mol. The molecule has 0 saturated carbocycles. The minimum Gasteiger partial charge on any atom is -0.487 e. The maximum Gasteiger partial charge on any atom is 0.335 e. The molecule has 4 fully saturated rings. The van der Waals surface area contributed by atoms with Gasteiger partial charge >= 0.3 is 5.97 Å². The minimum absolute atomic E-state index is 0.144. The highest BCUT2D eigenvalue weighted by Gasteiger charge is 2.12. The topological polar surface area (TPSA) is 296 Å². The quantitative estimate of drug-likeness (QED) is 0.417. The van der Waals surface area contributed by atoms with Crippen molar-refractivity contribution in [2.45, 2.75) is 0 Å². The number of carbonyl (C=O) groups is 1. The van der Waals surface area contributed by atoms with Gasteiger partial charge in [0.1, 0.15) is 13.2 Å². The van der Waals surface area contributed by atoms with Crippen LogP contribution in [-0.4, -0.2) is 368 Å². The normalized spacial score (nSPS) is 22.5. The Hall–Kier alpha value is -2.75. The van der Waals surface area contributed by atoms with Crippen molar-refractivity contribution in [1.82, 2.24) is 0 Å². The second-order valence-electron chi connectivity index (χ2n) is 18.6. The molecule has 30 nitrogen and oxygen atoms in total. The van der Waals surface area contributed by atoms with Crippen LogP contribution in [0.3, 0.4) is 0 Å². The van der Waals surface area contributed by atoms with E-state index in [9.17, 15) is 4.79 Å². The number of ether oxygens (including phenoxy) is 28. The van der Waals surface area contributed by atoms with Crippen LogP contribution in [0.4, 0.5) is 0 Å². The summed E-state index contributed by atoms with van der Waals surface area (Å²) in [5.74, 6) is -0.145. The van der Waals surface area contributed by atoms with Crippen LogP contribution in [0.2, 0.25) is 0 Å². The van der Waals surface area contributed by atoms with E-state index in [2.05, 4.69) is 0 Å². The molecule has 1 aromatic rings. The van der Waals surface area contributed by atoms with Gasteiger partial charge in [0.25, 0.3) is 0 Å². The van der Waals surface area contributed by atoms with Crippen molar-refractivity contribution in [3.05, 3.63) is 23.8 Å². The Bertz CT molecular complexity index is 1310. The third-order valence-electron chi connectivity index (χ3n) is 11.5.